The van der Waals surface area contributed by atoms with E-state index in [0.29, 0.717) is 16.0 Å². The highest BCUT2D eigenvalue weighted by molar-refractivity contribution is 7.99. The summed E-state index contributed by atoms with van der Waals surface area (Å²) in [6.45, 7) is 6.11. The van der Waals surface area contributed by atoms with Crippen molar-refractivity contribution >= 4 is 40.6 Å². The standard InChI is InChI=1S/C20H23ClN6OS/c1-3-26(4-2)17-11-9-16(10-12-17)23-18(28)13-29-20-25-24-19(27(20)22)14-5-7-15(21)8-6-14/h5-12H,3-4,13,22H2,1-2H3,(H,23,28). The quantitative estimate of drug-likeness (QED) is 0.416. The fourth-order valence-corrected chi connectivity index (χ4v) is 3.63. The number of nitrogens with zero attached hydrogens (tertiary/aromatic N) is 4. The molecule has 3 aromatic rings. The Morgan fingerprint density at radius 2 is 1.76 bits per heavy atom. The number of anilines is 2. The van der Waals surface area contributed by atoms with Crippen LogP contribution in [0.15, 0.2) is 53.7 Å². The Hall–Kier alpha value is -2.71. The van der Waals surface area contributed by atoms with Crippen LogP contribution in [0.5, 0.6) is 0 Å². The van der Waals surface area contributed by atoms with Crippen LogP contribution in [0.3, 0.4) is 0 Å². The minimum Gasteiger partial charge on any atom is -0.372 e. The first-order chi connectivity index (χ1) is 14.0. The van der Waals surface area contributed by atoms with E-state index in [-0.39, 0.29) is 11.7 Å². The van der Waals surface area contributed by atoms with Crippen molar-refractivity contribution in [2.75, 3.05) is 34.9 Å². The second-order valence-corrected chi connectivity index (χ2v) is 7.62. The molecule has 1 amide bonds. The van der Waals surface area contributed by atoms with Gasteiger partial charge in [-0.1, -0.05) is 23.4 Å². The van der Waals surface area contributed by atoms with Gasteiger partial charge >= 0.3 is 0 Å². The van der Waals surface area contributed by atoms with Gasteiger partial charge in [-0.3, -0.25) is 4.79 Å². The van der Waals surface area contributed by atoms with E-state index in [1.165, 1.54) is 16.4 Å². The monoisotopic (exact) mass is 430 g/mol. The van der Waals surface area contributed by atoms with Gasteiger partial charge in [0, 0.05) is 35.1 Å². The number of carbonyl (C=O) groups excluding carboxylic acids is 1. The lowest BCUT2D eigenvalue weighted by Gasteiger charge is -2.21. The molecule has 9 heteroatoms. The smallest absolute Gasteiger partial charge is 0.234 e. The van der Waals surface area contributed by atoms with Gasteiger partial charge in [-0.05, 0) is 62.4 Å². The summed E-state index contributed by atoms with van der Waals surface area (Å²) in [6.07, 6.45) is 0. The molecule has 0 radical (unpaired) electrons. The third-order valence-electron chi connectivity index (χ3n) is 4.38. The summed E-state index contributed by atoms with van der Waals surface area (Å²) >= 11 is 7.14. The van der Waals surface area contributed by atoms with Gasteiger partial charge in [-0.2, -0.15) is 0 Å². The molecule has 7 nitrogen and oxygen atoms in total. The molecule has 29 heavy (non-hydrogen) atoms. The predicted octanol–water partition coefficient (Wildman–Crippen LogP) is 3.89. The van der Waals surface area contributed by atoms with Crippen LogP contribution in [0, 0.1) is 0 Å². The van der Waals surface area contributed by atoms with Crippen molar-refractivity contribution in [3.8, 4) is 11.4 Å². The van der Waals surface area contributed by atoms with Crippen LogP contribution in [0.25, 0.3) is 11.4 Å². The number of aromatic nitrogens is 3. The zero-order chi connectivity index (χ0) is 20.8. The molecule has 0 saturated carbocycles. The van der Waals surface area contributed by atoms with E-state index in [0.717, 1.165) is 30.0 Å². The topological polar surface area (TPSA) is 89.1 Å². The Bertz CT molecular complexity index is 954. The number of carbonyl (C=O) groups is 1. The number of hydrogen-bond donors (Lipinski definition) is 2. The first kappa shape index (κ1) is 21.0. The Balaban J connectivity index is 1.58. The largest absolute Gasteiger partial charge is 0.372 e. The van der Waals surface area contributed by atoms with E-state index < -0.39 is 0 Å². The van der Waals surface area contributed by atoms with Crippen LogP contribution in [-0.2, 0) is 4.79 Å². The zero-order valence-electron chi connectivity index (χ0n) is 16.3. The normalized spacial score (nSPS) is 10.7. The van der Waals surface area contributed by atoms with Gasteiger partial charge < -0.3 is 16.1 Å². The summed E-state index contributed by atoms with van der Waals surface area (Å²) in [7, 11) is 0. The third-order valence-corrected chi connectivity index (χ3v) is 5.57. The summed E-state index contributed by atoms with van der Waals surface area (Å²) in [4.78, 5) is 14.5. The molecule has 152 valence electrons. The molecule has 0 bridgehead atoms. The third kappa shape index (κ3) is 5.21. The Morgan fingerprint density at radius 1 is 1.10 bits per heavy atom. The van der Waals surface area contributed by atoms with Crippen LogP contribution >= 0.6 is 23.4 Å². The van der Waals surface area contributed by atoms with E-state index in [2.05, 4.69) is 34.3 Å². The minimum atomic E-state index is -0.137. The fraction of sp³-hybridized carbons (Fsp3) is 0.250. The SMILES string of the molecule is CCN(CC)c1ccc(NC(=O)CSc2nnc(-c3ccc(Cl)cc3)n2N)cc1. The van der Waals surface area contributed by atoms with E-state index in [1.807, 2.05) is 36.4 Å². The number of amides is 1. The van der Waals surface area contributed by atoms with E-state index in [1.54, 1.807) is 12.1 Å². The molecule has 0 aliphatic rings. The Morgan fingerprint density at radius 3 is 2.38 bits per heavy atom. The van der Waals surface area contributed by atoms with Crippen molar-refractivity contribution in [2.24, 2.45) is 0 Å². The van der Waals surface area contributed by atoms with Crippen LogP contribution in [0.4, 0.5) is 11.4 Å². The van der Waals surface area contributed by atoms with Gasteiger partial charge in [0.1, 0.15) is 0 Å². The number of benzene rings is 2. The molecule has 0 atom stereocenters. The lowest BCUT2D eigenvalue weighted by atomic mass is 10.2. The van der Waals surface area contributed by atoms with Gasteiger partial charge in [0.05, 0.1) is 5.75 Å². The number of hydrogen-bond acceptors (Lipinski definition) is 6. The van der Waals surface area contributed by atoms with Crippen molar-refractivity contribution in [3.63, 3.8) is 0 Å². The first-order valence-electron chi connectivity index (χ1n) is 9.26. The van der Waals surface area contributed by atoms with Gasteiger partial charge in [-0.25, -0.2) is 4.68 Å². The number of nitrogen functional groups attached to an aromatic ring is 1. The second kappa shape index (κ2) is 9.67. The molecule has 0 unspecified atom stereocenters. The van der Waals surface area contributed by atoms with Crippen molar-refractivity contribution in [2.45, 2.75) is 19.0 Å². The van der Waals surface area contributed by atoms with Crippen LogP contribution < -0.4 is 16.1 Å². The molecule has 0 saturated heterocycles. The number of thioether (sulfide) groups is 1. The molecular weight excluding hydrogens is 408 g/mol. The molecule has 2 aromatic carbocycles. The molecule has 0 fully saturated rings. The predicted molar refractivity (Wildman–Crippen MR) is 120 cm³/mol. The molecule has 1 aromatic heterocycles. The molecule has 0 spiro atoms. The fourth-order valence-electron chi connectivity index (χ4n) is 2.84. The maximum atomic E-state index is 12.3. The van der Waals surface area contributed by atoms with Crippen LogP contribution in [0.1, 0.15) is 13.8 Å². The van der Waals surface area contributed by atoms with Gasteiger partial charge in [0.15, 0.2) is 5.82 Å². The van der Waals surface area contributed by atoms with Gasteiger partial charge in [0.2, 0.25) is 11.1 Å². The highest BCUT2D eigenvalue weighted by atomic mass is 35.5. The van der Waals surface area contributed by atoms with Crippen molar-refractivity contribution in [3.05, 3.63) is 53.6 Å². The molecule has 3 rings (SSSR count). The van der Waals surface area contributed by atoms with Crippen molar-refractivity contribution in [1.29, 1.82) is 0 Å². The lowest BCUT2D eigenvalue weighted by Crippen LogP contribution is -2.21. The number of nitrogens with one attached hydrogen (secondary N) is 1. The van der Waals surface area contributed by atoms with E-state index in [4.69, 9.17) is 17.4 Å². The number of halogens is 1. The highest BCUT2D eigenvalue weighted by Gasteiger charge is 2.14. The van der Waals surface area contributed by atoms with Crippen molar-refractivity contribution < 1.29 is 4.79 Å². The Labute approximate surface area is 179 Å². The Kier molecular flexibility index (Phi) is 7.00. The summed E-state index contributed by atoms with van der Waals surface area (Å²) in [5.41, 5.74) is 2.69. The zero-order valence-corrected chi connectivity index (χ0v) is 17.9. The lowest BCUT2D eigenvalue weighted by molar-refractivity contribution is -0.113. The highest BCUT2D eigenvalue weighted by Crippen LogP contribution is 2.23. The van der Waals surface area contributed by atoms with Crippen LogP contribution in [0.2, 0.25) is 5.02 Å². The molecule has 0 aliphatic heterocycles. The molecule has 1 heterocycles. The van der Waals surface area contributed by atoms with Gasteiger partial charge in [0.25, 0.3) is 0 Å². The van der Waals surface area contributed by atoms with E-state index in [9.17, 15) is 4.79 Å². The maximum absolute atomic E-state index is 12.3. The minimum absolute atomic E-state index is 0.137. The summed E-state index contributed by atoms with van der Waals surface area (Å²) in [6, 6.07) is 15.0. The molecular formula is C20H23ClN6OS. The molecule has 0 aliphatic carbocycles. The summed E-state index contributed by atoms with van der Waals surface area (Å²) in [5, 5.41) is 12.2. The van der Waals surface area contributed by atoms with Crippen LogP contribution in [-0.4, -0.2) is 39.6 Å². The van der Waals surface area contributed by atoms with E-state index >= 15 is 0 Å². The first-order valence-corrected chi connectivity index (χ1v) is 10.6. The average molecular weight is 431 g/mol. The average Bonchev–Trinajstić information content (AvgIpc) is 3.09. The second-order valence-electron chi connectivity index (χ2n) is 6.24. The van der Waals surface area contributed by atoms with Crippen molar-refractivity contribution in [1.82, 2.24) is 14.9 Å². The number of nitrogens with two attached hydrogens (primary N) is 1. The maximum Gasteiger partial charge on any atom is 0.234 e. The van der Waals surface area contributed by atoms with Gasteiger partial charge in [-0.15, -0.1) is 10.2 Å². The summed E-state index contributed by atoms with van der Waals surface area (Å²) in [5.74, 6) is 6.63. The number of rotatable bonds is 8. The molecule has 3 N–H and O–H groups in total. The summed E-state index contributed by atoms with van der Waals surface area (Å²) < 4.78 is 1.38.